The molecule has 0 radical (unpaired) electrons. The first-order valence-corrected chi connectivity index (χ1v) is 4.13. The molecule has 1 aromatic carbocycles. The van der Waals surface area contributed by atoms with Crippen LogP contribution >= 0.6 is 0 Å². The lowest BCUT2D eigenvalue weighted by Crippen LogP contribution is -2.15. The zero-order chi connectivity index (χ0) is 10.3. The van der Waals surface area contributed by atoms with Crippen LogP contribution in [0.3, 0.4) is 0 Å². The molecule has 0 aromatic heterocycles. The third-order valence-electron chi connectivity index (χ3n) is 2.30. The molecular formula is C10H9NO3. The van der Waals surface area contributed by atoms with Crippen LogP contribution in [0.1, 0.15) is 17.2 Å². The molecule has 4 N–H and O–H groups in total. The van der Waals surface area contributed by atoms with Crippen LogP contribution in [0.15, 0.2) is 23.8 Å². The van der Waals surface area contributed by atoms with Gasteiger partial charge in [0.05, 0.1) is 11.6 Å². The Bertz CT molecular complexity index is 437. The molecule has 4 heteroatoms. The summed E-state index contributed by atoms with van der Waals surface area (Å²) in [4.78, 5) is 10.8. The third kappa shape index (κ3) is 1.16. The van der Waals surface area contributed by atoms with E-state index in [9.17, 15) is 9.90 Å². The van der Waals surface area contributed by atoms with E-state index < -0.39 is 12.0 Å². The maximum absolute atomic E-state index is 10.8. The number of phenolic OH excluding ortho intramolecular Hbond substituents is 1. The van der Waals surface area contributed by atoms with E-state index in [2.05, 4.69) is 0 Å². The van der Waals surface area contributed by atoms with Crippen LogP contribution in [0.2, 0.25) is 0 Å². The van der Waals surface area contributed by atoms with Crippen molar-refractivity contribution < 1.29 is 15.0 Å². The molecule has 0 saturated carbocycles. The Balaban J connectivity index is 2.52. The Morgan fingerprint density at radius 1 is 1.43 bits per heavy atom. The molecule has 2 rings (SSSR count). The first-order valence-electron chi connectivity index (χ1n) is 4.13. The molecule has 1 aliphatic carbocycles. The molecule has 0 amide bonds. The Hall–Kier alpha value is -1.81. The van der Waals surface area contributed by atoms with E-state index in [1.54, 1.807) is 6.07 Å². The molecule has 0 fully saturated rings. The van der Waals surface area contributed by atoms with Gasteiger partial charge in [0, 0.05) is 0 Å². The van der Waals surface area contributed by atoms with Gasteiger partial charge in [-0.1, -0.05) is 6.07 Å². The van der Waals surface area contributed by atoms with Crippen LogP contribution in [0.5, 0.6) is 5.75 Å². The molecule has 0 spiro atoms. The molecule has 0 bridgehead atoms. The van der Waals surface area contributed by atoms with Crippen LogP contribution in [0.4, 0.5) is 0 Å². The highest BCUT2D eigenvalue weighted by molar-refractivity contribution is 5.96. The summed E-state index contributed by atoms with van der Waals surface area (Å²) in [6, 6.07) is 4.05. The Labute approximate surface area is 80.3 Å². The first-order chi connectivity index (χ1) is 6.59. The molecule has 0 aliphatic heterocycles. The zero-order valence-electron chi connectivity index (χ0n) is 7.27. The molecule has 4 nitrogen and oxygen atoms in total. The minimum atomic E-state index is -1.02. The number of benzene rings is 1. The topological polar surface area (TPSA) is 83.6 Å². The van der Waals surface area contributed by atoms with Gasteiger partial charge in [-0.25, -0.2) is 4.79 Å². The van der Waals surface area contributed by atoms with Gasteiger partial charge in [-0.2, -0.15) is 0 Å². The fourth-order valence-corrected chi connectivity index (χ4v) is 1.59. The summed E-state index contributed by atoms with van der Waals surface area (Å²) in [7, 11) is 0. The number of carbonyl (C=O) groups is 1. The molecular weight excluding hydrogens is 182 g/mol. The van der Waals surface area contributed by atoms with Gasteiger partial charge in [-0.3, -0.25) is 0 Å². The second kappa shape index (κ2) is 2.85. The monoisotopic (exact) mass is 191 g/mol. The number of aromatic hydroxyl groups is 1. The first kappa shape index (κ1) is 8.77. The van der Waals surface area contributed by atoms with Gasteiger partial charge in [-0.05, 0) is 29.3 Å². The Morgan fingerprint density at radius 3 is 2.79 bits per heavy atom. The van der Waals surface area contributed by atoms with E-state index in [-0.39, 0.29) is 11.3 Å². The average Bonchev–Trinajstić information content (AvgIpc) is 2.43. The highest BCUT2D eigenvalue weighted by atomic mass is 16.4. The van der Waals surface area contributed by atoms with Crippen molar-refractivity contribution in [1.82, 2.24) is 0 Å². The fraction of sp³-hybridized carbons (Fsp3) is 0.100. The summed E-state index contributed by atoms with van der Waals surface area (Å²) in [5.74, 6) is -0.910. The van der Waals surface area contributed by atoms with Gasteiger partial charge >= 0.3 is 5.97 Å². The smallest absolute Gasteiger partial charge is 0.333 e. The predicted molar refractivity (Wildman–Crippen MR) is 50.6 cm³/mol. The highest BCUT2D eigenvalue weighted by Crippen LogP contribution is 2.34. The van der Waals surface area contributed by atoms with Gasteiger partial charge in [-0.15, -0.1) is 0 Å². The van der Waals surface area contributed by atoms with Crippen LogP contribution in [-0.4, -0.2) is 16.2 Å². The number of aliphatic carboxylic acids is 1. The zero-order valence-corrected chi connectivity index (χ0v) is 7.27. The SMILES string of the molecule is NC1C(C(=O)O)=Cc2cc(O)ccc21. The molecule has 1 unspecified atom stereocenters. The van der Waals surface area contributed by atoms with E-state index in [0.717, 1.165) is 5.56 Å². The minimum absolute atomic E-state index is 0.110. The normalized spacial score (nSPS) is 18.9. The largest absolute Gasteiger partial charge is 0.508 e. The number of phenols is 1. The quantitative estimate of drug-likeness (QED) is 0.615. The van der Waals surface area contributed by atoms with Crippen molar-refractivity contribution in [2.45, 2.75) is 6.04 Å². The van der Waals surface area contributed by atoms with Crippen molar-refractivity contribution >= 4 is 12.0 Å². The summed E-state index contributed by atoms with van der Waals surface area (Å²) in [6.45, 7) is 0. The second-order valence-corrected chi connectivity index (χ2v) is 3.20. The summed E-state index contributed by atoms with van der Waals surface area (Å²) >= 11 is 0. The maximum Gasteiger partial charge on any atom is 0.333 e. The highest BCUT2D eigenvalue weighted by Gasteiger charge is 2.26. The standard InChI is InChI=1S/C10H9NO3/c11-9-7-2-1-6(12)3-5(7)4-8(9)10(13)14/h1-4,9,12H,11H2,(H,13,14). The molecule has 72 valence electrons. The molecule has 0 saturated heterocycles. The van der Waals surface area contributed by atoms with Crippen LogP contribution in [0.25, 0.3) is 6.08 Å². The van der Waals surface area contributed by atoms with Gasteiger partial charge in [0.2, 0.25) is 0 Å². The van der Waals surface area contributed by atoms with Crippen molar-refractivity contribution in [3.8, 4) is 5.75 Å². The number of hydrogen-bond acceptors (Lipinski definition) is 3. The van der Waals surface area contributed by atoms with Gasteiger partial charge in [0.25, 0.3) is 0 Å². The van der Waals surface area contributed by atoms with Crippen molar-refractivity contribution in [1.29, 1.82) is 0 Å². The number of nitrogens with two attached hydrogens (primary N) is 1. The lowest BCUT2D eigenvalue weighted by atomic mass is 10.0. The van der Waals surface area contributed by atoms with Gasteiger partial charge in [0.1, 0.15) is 5.75 Å². The van der Waals surface area contributed by atoms with E-state index in [4.69, 9.17) is 10.8 Å². The maximum atomic E-state index is 10.8. The van der Waals surface area contributed by atoms with Gasteiger partial charge in [0.15, 0.2) is 0 Å². The summed E-state index contributed by atoms with van der Waals surface area (Å²) in [5, 5.41) is 18.0. The number of rotatable bonds is 1. The van der Waals surface area contributed by atoms with Crippen molar-refractivity contribution in [3.05, 3.63) is 34.9 Å². The second-order valence-electron chi connectivity index (χ2n) is 3.20. The van der Waals surface area contributed by atoms with Crippen LogP contribution in [-0.2, 0) is 4.79 Å². The Morgan fingerprint density at radius 2 is 2.14 bits per heavy atom. The third-order valence-corrected chi connectivity index (χ3v) is 2.30. The Kier molecular flexibility index (Phi) is 1.79. The van der Waals surface area contributed by atoms with E-state index in [0.29, 0.717) is 5.56 Å². The summed E-state index contributed by atoms with van der Waals surface area (Å²) < 4.78 is 0. The van der Waals surface area contributed by atoms with Crippen LogP contribution < -0.4 is 5.73 Å². The minimum Gasteiger partial charge on any atom is -0.508 e. The lowest BCUT2D eigenvalue weighted by Gasteiger charge is -2.07. The van der Waals surface area contributed by atoms with Crippen molar-refractivity contribution in [3.63, 3.8) is 0 Å². The van der Waals surface area contributed by atoms with E-state index in [1.807, 2.05) is 0 Å². The molecule has 1 aromatic rings. The lowest BCUT2D eigenvalue weighted by molar-refractivity contribution is -0.132. The number of carboxylic acids is 1. The molecule has 0 heterocycles. The van der Waals surface area contributed by atoms with E-state index >= 15 is 0 Å². The molecule has 1 aliphatic rings. The van der Waals surface area contributed by atoms with E-state index in [1.165, 1.54) is 18.2 Å². The van der Waals surface area contributed by atoms with Crippen LogP contribution in [0, 0.1) is 0 Å². The van der Waals surface area contributed by atoms with Gasteiger partial charge < -0.3 is 15.9 Å². The number of carboxylic acid groups (broad SMARTS) is 1. The molecule has 14 heavy (non-hydrogen) atoms. The van der Waals surface area contributed by atoms with Crippen molar-refractivity contribution in [2.24, 2.45) is 5.73 Å². The summed E-state index contributed by atoms with van der Waals surface area (Å²) in [5.41, 5.74) is 7.28. The number of fused-ring (bicyclic) bond motifs is 1. The number of hydrogen-bond donors (Lipinski definition) is 3. The molecule has 1 atom stereocenters. The summed E-state index contributed by atoms with van der Waals surface area (Å²) in [6.07, 6.45) is 1.49. The predicted octanol–water partition coefficient (Wildman–Crippen LogP) is 0.874. The van der Waals surface area contributed by atoms with Crippen molar-refractivity contribution in [2.75, 3.05) is 0 Å². The fourth-order valence-electron chi connectivity index (χ4n) is 1.59. The average molecular weight is 191 g/mol.